The Morgan fingerprint density at radius 2 is 2.13 bits per heavy atom. The van der Waals surface area contributed by atoms with Gasteiger partial charge in [0.25, 0.3) is 0 Å². The molecule has 3 atom stereocenters. The number of hydrogen-bond acceptors (Lipinski definition) is 4. The van der Waals surface area contributed by atoms with Crippen molar-refractivity contribution in [3.05, 3.63) is 40.3 Å². The van der Waals surface area contributed by atoms with Crippen molar-refractivity contribution in [2.45, 2.75) is 51.6 Å². The first kappa shape index (κ1) is 17.2. The zero-order valence-electron chi connectivity index (χ0n) is 13.7. The maximum Gasteiger partial charge on any atom is 0.328 e. The smallest absolute Gasteiger partial charge is 0.328 e. The van der Waals surface area contributed by atoms with E-state index in [1.807, 2.05) is 24.3 Å². The van der Waals surface area contributed by atoms with Gasteiger partial charge in [0.05, 0.1) is 12.6 Å². The van der Waals surface area contributed by atoms with Gasteiger partial charge in [0.2, 0.25) is 0 Å². The van der Waals surface area contributed by atoms with E-state index >= 15 is 0 Å². The number of anilines is 1. The molecule has 0 spiro atoms. The number of benzene rings is 1. The lowest BCUT2D eigenvalue weighted by atomic mass is 9.79. The molecule has 1 heterocycles. The predicted molar refractivity (Wildman–Crippen MR) is 90.0 cm³/mol. The number of azide groups is 1. The molecule has 6 heteroatoms. The Labute approximate surface area is 136 Å². The van der Waals surface area contributed by atoms with Crippen LogP contribution in [0.4, 0.5) is 5.69 Å². The van der Waals surface area contributed by atoms with Gasteiger partial charge in [-0.2, -0.15) is 0 Å². The summed E-state index contributed by atoms with van der Waals surface area (Å²) in [5, 5.41) is 7.30. The average Bonchev–Trinajstić information content (AvgIpc) is 2.56. The molecule has 1 N–H and O–H groups in total. The number of rotatable bonds is 7. The average molecular weight is 316 g/mol. The van der Waals surface area contributed by atoms with E-state index in [1.165, 1.54) is 0 Å². The van der Waals surface area contributed by atoms with E-state index in [-0.39, 0.29) is 17.9 Å². The van der Waals surface area contributed by atoms with Gasteiger partial charge < -0.3 is 10.1 Å². The van der Waals surface area contributed by atoms with Crippen LogP contribution in [0.5, 0.6) is 0 Å². The molecule has 1 unspecified atom stereocenters. The normalized spacial score (nSPS) is 22.4. The molecule has 1 aliphatic heterocycles. The molecule has 0 aliphatic carbocycles. The van der Waals surface area contributed by atoms with Crippen molar-refractivity contribution >= 4 is 11.7 Å². The maximum absolute atomic E-state index is 12.4. The highest BCUT2D eigenvalue weighted by Gasteiger charge is 2.40. The molecule has 2 rings (SSSR count). The summed E-state index contributed by atoms with van der Waals surface area (Å²) in [6.45, 7) is 4.28. The van der Waals surface area contributed by atoms with Crippen molar-refractivity contribution in [1.82, 2.24) is 0 Å². The molecule has 23 heavy (non-hydrogen) atoms. The van der Waals surface area contributed by atoms with Gasteiger partial charge in [-0.15, -0.1) is 0 Å². The van der Waals surface area contributed by atoms with Crippen LogP contribution in [0.25, 0.3) is 10.4 Å². The zero-order chi connectivity index (χ0) is 16.7. The standard InChI is InChI=1S/C17H24N4O2/c1-3-5-6-10-13-15(20-21-18)12-9-7-8-11-14(12)19-16(13)17(22)23-4-2/h7-9,11,13,15-16,19H,3-6,10H2,1-2H3/t13?,15-,16-/m0/s1. The molecule has 0 saturated heterocycles. The fraction of sp³-hybridized carbons (Fsp3) is 0.588. The number of nitrogens with zero attached hydrogens (tertiary/aromatic N) is 3. The van der Waals surface area contributed by atoms with E-state index in [9.17, 15) is 4.79 Å². The SMILES string of the molecule is CCCCCC1[C@@H](C(=O)OCC)Nc2ccccc2[C@@H]1N=[N+]=[N-]. The number of esters is 1. The third kappa shape index (κ3) is 3.96. The van der Waals surface area contributed by atoms with Crippen molar-refractivity contribution in [1.29, 1.82) is 0 Å². The van der Waals surface area contributed by atoms with Crippen LogP contribution in [0, 0.1) is 5.92 Å². The molecule has 0 aromatic heterocycles. The van der Waals surface area contributed by atoms with Crippen LogP contribution >= 0.6 is 0 Å². The van der Waals surface area contributed by atoms with E-state index < -0.39 is 6.04 Å². The number of hydrogen-bond donors (Lipinski definition) is 1. The van der Waals surface area contributed by atoms with Crippen LogP contribution in [-0.4, -0.2) is 18.6 Å². The van der Waals surface area contributed by atoms with E-state index in [1.54, 1.807) is 6.92 Å². The minimum atomic E-state index is -0.475. The summed E-state index contributed by atoms with van der Waals surface area (Å²) in [6.07, 6.45) is 4.02. The Balaban J connectivity index is 2.36. The van der Waals surface area contributed by atoms with Gasteiger partial charge in [-0.05, 0) is 30.5 Å². The van der Waals surface area contributed by atoms with Crippen LogP contribution in [0.15, 0.2) is 29.4 Å². The number of nitrogens with one attached hydrogen (secondary N) is 1. The fourth-order valence-corrected chi connectivity index (χ4v) is 3.20. The Morgan fingerprint density at radius 3 is 2.83 bits per heavy atom. The quantitative estimate of drug-likeness (QED) is 0.262. The molecule has 0 bridgehead atoms. The van der Waals surface area contributed by atoms with E-state index in [0.29, 0.717) is 6.61 Å². The molecular weight excluding hydrogens is 292 g/mol. The number of unbranched alkanes of at least 4 members (excludes halogenated alkanes) is 2. The summed E-state index contributed by atoms with van der Waals surface area (Å²) in [6, 6.07) is 6.87. The number of ether oxygens (including phenoxy) is 1. The van der Waals surface area contributed by atoms with Crippen LogP contribution in [0.2, 0.25) is 0 Å². The van der Waals surface area contributed by atoms with E-state index in [4.69, 9.17) is 10.3 Å². The molecule has 0 fully saturated rings. The second kappa shape index (κ2) is 8.44. The molecule has 0 radical (unpaired) electrons. The summed E-state index contributed by atoms with van der Waals surface area (Å²) in [5.74, 6) is -0.368. The Bertz CT molecular complexity index is 584. The van der Waals surface area contributed by atoms with E-state index in [0.717, 1.165) is 36.9 Å². The monoisotopic (exact) mass is 316 g/mol. The summed E-state index contributed by atoms with van der Waals surface area (Å²) >= 11 is 0. The Hall–Kier alpha value is -2.20. The number of carbonyl (C=O) groups excluding carboxylic acids is 1. The second-order valence-corrected chi connectivity index (χ2v) is 5.77. The lowest BCUT2D eigenvalue weighted by Crippen LogP contribution is -2.44. The third-order valence-corrected chi connectivity index (χ3v) is 4.28. The molecule has 124 valence electrons. The van der Waals surface area contributed by atoms with Crippen molar-refractivity contribution in [2.75, 3.05) is 11.9 Å². The first-order chi connectivity index (χ1) is 11.2. The third-order valence-electron chi connectivity index (χ3n) is 4.28. The first-order valence-corrected chi connectivity index (χ1v) is 8.29. The summed E-state index contributed by atoms with van der Waals surface area (Å²) in [5.41, 5.74) is 10.8. The predicted octanol–water partition coefficient (Wildman–Crippen LogP) is 4.59. The van der Waals surface area contributed by atoms with Crippen LogP contribution in [-0.2, 0) is 9.53 Å². The van der Waals surface area contributed by atoms with Crippen molar-refractivity contribution in [2.24, 2.45) is 11.0 Å². The molecule has 6 nitrogen and oxygen atoms in total. The molecule has 0 amide bonds. The lowest BCUT2D eigenvalue weighted by Gasteiger charge is -2.37. The topological polar surface area (TPSA) is 87.1 Å². The largest absolute Gasteiger partial charge is 0.464 e. The zero-order valence-corrected chi connectivity index (χ0v) is 13.7. The van der Waals surface area contributed by atoms with Gasteiger partial charge in [-0.3, -0.25) is 0 Å². The maximum atomic E-state index is 12.4. The minimum absolute atomic E-state index is 0.0913. The Morgan fingerprint density at radius 1 is 1.35 bits per heavy atom. The van der Waals surface area contributed by atoms with Crippen LogP contribution in [0.3, 0.4) is 0 Å². The summed E-state index contributed by atoms with van der Waals surface area (Å²) in [4.78, 5) is 15.4. The number of fused-ring (bicyclic) bond motifs is 1. The first-order valence-electron chi connectivity index (χ1n) is 8.29. The number of carbonyl (C=O) groups is 1. The van der Waals surface area contributed by atoms with Gasteiger partial charge in [0.1, 0.15) is 6.04 Å². The molecule has 1 aromatic rings. The minimum Gasteiger partial charge on any atom is -0.464 e. The van der Waals surface area contributed by atoms with Crippen molar-refractivity contribution < 1.29 is 9.53 Å². The van der Waals surface area contributed by atoms with Crippen molar-refractivity contribution in [3.8, 4) is 0 Å². The molecule has 0 saturated carbocycles. The van der Waals surface area contributed by atoms with Crippen molar-refractivity contribution in [3.63, 3.8) is 0 Å². The molecule has 1 aromatic carbocycles. The highest BCUT2D eigenvalue weighted by molar-refractivity contribution is 5.81. The number of para-hydroxylation sites is 1. The Kier molecular flexibility index (Phi) is 6.29. The molecular formula is C17H24N4O2. The van der Waals surface area contributed by atoms with Crippen LogP contribution < -0.4 is 5.32 Å². The summed E-state index contributed by atoms with van der Waals surface area (Å²) < 4.78 is 5.22. The van der Waals surface area contributed by atoms with E-state index in [2.05, 4.69) is 22.3 Å². The van der Waals surface area contributed by atoms with Gasteiger partial charge in [0, 0.05) is 16.5 Å². The van der Waals surface area contributed by atoms with Gasteiger partial charge >= 0.3 is 5.97 Å². The lowest BCUT2D eigenvalue weighted by molar-refractivity contribution is -0.145. The van der Waals surface area contributed by atoms with Gasteiger partial charge in [0.15, 0.2) is 0 Å². The van der Waals surface area contributed by atoms with Gasteiger partial charge in [-0.25, -0.2) is 4.79 Å². The highest BCUT2D eigenvalue weighted by Crippen LogP contribution is 2.42. The molecule has 1 aliphatic rings. The highest BCUT2D eigenvalue weighted by atomic mass is 16.5. The summed E-state index contributed by atoms with van der Waals surface area (Å²) in [7, 11) is 0. The van der Waals surface area contributed by atoms with Gasteiger partial charge in [-0.1, -0.05) is 49.5 Å². The second-order valence-electron chi connectivity index (χ2n) is 5.77. The fourth-order valence-electron chi connectivity index (χ4n) is 3.20. The van der Waals surface area contributed by atoms with Crippen LogP contribution in [0.1, 0.15) is 51.1 Å².